The molecule has 17 heavy (non-hydrogen) atoms. The van der Waals surface area contributed by atoms with Crippen LogP contribution < -0.4 is 0 Å². The number of allylic oxidation sites excluding steroid dienone is 2. The maximum Gasteiger partial charge on any atom is 0.275 e. The van der Waals surface area contributed by atoms with Crippen molar-refractivity contribution in [1.82, 2.24) is 0 Å². The normalized spacial score (nSPS) is 30.5. The molecule has 4 heteroatoms. The van der Waals surface area contributed by atoms with E-state index < -0.39 is 15.4 Å². The first-order chi connectivity index (χ1) is 7.83. The van der Waals surface area contributed by atoms with Crippen LogP contribution >= 0.6 is 0 Å². The van der Waals surface area contributed by atoms with Crippen molar-refractivity contribution in [2.45, 2.75) is 45.3 Å². The average molecular weight is 258 g/mol. The van der Waals surface area contributed by atoms with E-state index >= 15 is 0 Å². The Bertz CT molecular complexity index is 392. The van der Waals surface area contributed by atoms with E-state index in [1.807, 2.05) is 12.2 Å². The Morgan fingerprint density at radius 1 is 1.29 bits per heavy atom. The molecule has 1 aliphatic carbocycles. The van der Waals surface area contributed by atoms with E-state index in [1.165, 1.54) is 0 Å². The summed E-state index contributed by atoms with van der Waals surface area (Å²) < 4.78 is 31.0. The zero-order valence-corrected chi connectivity index (χ0v) is 11.6. The predicted octanol–water partition coefficient (Wildman–Crippen LogP) is 3.20. The van der Waals surface area contributed by atoms with Gasteiger partial charge in [-0.3, -0.25) is 4.55 Å². The van der Waals surface area contributed by atoms with Gasteiger partial charge in [0.05, 0.1) is 0 Å². The molecule has 0 aromatic carbocycles. The highest BCUT2D eigenvalue weighted by Gasteiger charge is 2.31. The molecule has 0 bridgehead atoms. The highest BCUT2D eigenvalue weighted by atomic mass is 32.2. The molecule has 1 aliphatic rings. The molecule has 0 aromatic rings. The highest BCUT2D eigenvalue weighted by Crippen LogP contribution is 2.38. The van der Waals surface area contributed by atoms with Crippen molar-refractivity contribution in [3.63, 3.8) is 0 Å². The van der Waals surface area contributed by atoms with Gasteiger partial charge in [0.2, 0.25) is 0 Å². The topological polar surface area (TPSA) is 54.4 Å². The largest absolute Gasteiger partial charge is 0.285 e. The first-order valence-corrected chi connectivity index (χ1v) is 7.68. The third-order valence-electron chi connectivity index (χ3n) is 3.64. The molecule has 3 nitrogen and oxygen atoms in total. The maximum absolute atomic E-state index is 11.0. The lowest BCUT2D eigenvalue weighted by Crippen LogP contribution is -2.28. The van der Waals surface area contributed by atoms with Crippen molar-refractivity contribution in [3.05, 3.63) is 24.3 Å². The Morgan fingerprint density at radius 3 is 2.18 bits per heavy atom. The van der Waals surface area contributed by atoms with Gasteiger partial charge >= 0.3 is 0 Å². The molecule has 1 unspecified atom stereocenters. The molecule has 0 radical (unpaired) electrons. The summed E-state index contributed by atoms with van der Waals surface area (Å²) in [4.78, 5) is 0. The Labute approximate surface area is 104 Å². The van der Waals surface area contributed by atoms with Gasteiger partial charge in [0, 0.05) is 5.41 Å². The van der Waals surface area contributed by atoms with E-state index in [-0.39, 0.29) is 5.41 Å². The van der Waals surface area contributed by atoms with Crippen LogP contribution in [0.2, 0.25) is 0 Å². The van der Waals surface area contributed by atoms with Crippen LogP contribution in [0.5, 0.6) is 0 Å². The van der Waals surface area contributed by atoms with Crippen LogP contribution in [0.15, 0.2) is 24.3 Å². The van der Waals surface area contributed by atoms with Crippen molar-refractivity contribution in [1.29, 1.82) is 0 Å². The van der Waals surface area contributed by atoms with Crippen molar-refractivity contribution in [2.24, 2.45) is 11.3 Å². The van der Waals surface area contributed by atoms with Gasteiger partial charge in [-0.15, -0.1) is 0 Å². The van der Waals surface area contributed by atoms with Crippen molar-refractivity contribution >= 4 is 10.1 Å². The smallest absolute Gasteiger partial charge is 0.275 e. The van der Waals surface area contributed by atoms with E-state index in [9.17, 15) is 8.42 Å². The summed E-state index contributed by atoms with van der Waals surface area (Å²) in [5.74, 6) is 0.516. The van der Waals surface area contributed by atoms with Gasteiger partial charge in [0.25, 0.3) is 10.1 Å². The molecule has 0 saturated carbocycles. The average Bonchev–Trinajstić information content (AvgIpc) is 2.25. The molecule has 0 fully saturated rings. The first kappa shape index (κ1) is 14.5. The molecule has 0 heterocycles. The lowest BCUT2D eigenvalue weighted by atomic mass is 9.71. The molecule has 0 spiro atoms. The highest BCUT2D eigenvalue weighted by molar-refractivity contribution is 7.86. The minimum Gasteiger partial charge on any atom is -0.285 e. The zero-order valence-electron chi connectivity index (χ0n) is 10.8. The Hall–Kier alpha value is -0.610. The van der Waals surface area contributed by atoms with Crippen LogP contribution in [0.3, 0.4) is 0 Å². The fourth-order valence-corrected chi connectivity index (χ4v) is 3.05. The molecular weight excluding hydrogens is 236 g/mol. The first-order valence-electron chi connectivity index (χ1n) is 6.18. The summed E-state index contributed by atoms with van der Waals surface area (Å²) in [6, 6.07) is 0. The number of hydrogen-bond donors (Lipinski definition) is 1. The second-order valence-corrected chi connectivity index (χ2v) is 6.53. The van der Waals surface area contributed by atoms with Gasteiger partial charge in [-0.2, -0.15) is 8.42 Å². The fourth-order valence-electron chi connectivity index (χ4n) is 2.50. The van der Waals surface area contributed by atoms with Crippen molar-refractivity contribution < 1.29 is 13.0 Å². The second-order valence-electron chi connectivity index (χ2n) is 4.96. The molecule has 1 rings (SSSR count). The van der Waals surface area contributed by atoms with E-state index in [0.717, 1.165) is 19.3 Å². The van der Waals surface area contributed by atoms with Crippen LogP contribution in [-0.2, 0) is 10.1 Å². The Morgan fingerprint density at radius 2 is 1.82 bits per heavy atom. The SMILES string of the molecule is CCCC(CC)C1(C)C=CC(S(=O)(=O)O)C=C1. The summed E-state index contributed by atoms with van der Waals surface area (Å²) in [6.07, 6.45) is 10.3. The van der Waals surface area contributed by atoms with Gasteiger partial charge in [-0.05, 0) is 12.3 Å². The van der Waals surface area contributed by atoms with Crippen LogP contribution in [0.25, 0.3) is 0 Å². The predicted molar refractivity (Wildman–Crippen MR) is 70.4 cm³/mol. The monoisotopic (exact) mass is 258 g/mol. The second kappa shape index (κ2) is 5.36. The Balaban J connectivity index is 2.87. The van der Waals surface area contributed by atoms with E-state index in [1.54, 1.807) is 12.2 Å². The molecule has 98 valence electrons. The van der Waals surface area contributed by atoms with E-state index in [4.69, 9.17) is 4.55 Å². The zero-order chi connectivity index (χ0) is 13.1. The Kier molecular flexibility index (Phi) is 4.55. The van der Waals surface area contributed by atoms with Crippen LogP contribution in [-0.4, -0.2) is 18.2 Å². The molecule has 0 aromatic heterocycles. The number of rotatable bonds is 5. The molecule has 0 saturated heterocycles. The third kappa shape index (κ3) is 3.42. The van der Waals surface area contributed by atoms with Gasteiger partial charge in [0.15, 0.2) is 0 Å². The van der Waals surface area contributed by atoms with Gasteiger partial charge in [0.1, 0.15) is 5.25 Å². The molecule has 1 atom stereocenters. The summed E-state index contributed by atoms with van der Waals surface area (Å²) >= 11 is 0. The van der Waals surface area contributed by atoms with Crippen molar-refractivity contribution in [3.8, 4) is 0 Å². The number of hydrogen-bond acceptors (Lipinski definition) is 2. The van der Waals surface area contributed by atoms with Crippen LogP contribution in [0.1, 0.15) is 40.0 Å². The quantitative estimate of drug-likeness (QED) is 0.608. The van der Waals surface area contributed by atoms with E-state index in [0.29, 0.717) is 5.92 Å². The van der Waals surface area contributed by atoms with Crippen LogP contribution in [0.4, 0.5) is 0 Å². The summed E-state index contributed by atoms with van der Waals surface area (Å²) in [5.41, 5.74) is -0.0913. The third-order valence-corrected chi connectivity index (χ3v) is 4.65. The molecular formula is C13H22O3S. The van der Waals surface area contributed by atoms with Crippen molar-refractivity contribution in [2.75, 3.05) is 0 Å². The summed E-state index contributed by atoms with van der Waals surface area (Å²) in [7, 11) is -3.99. The fraction of sp³-hybridized carbons (Fsp3) is 0.692. The minimum atomic E-state index is -3.99. The molecule has 1 N–H and O–H groups in total. The standard InChI is InChI=1S/C13H22O3S/c1-4-6-11(5-2)13(3)9-7-12(8-10-13)17(14,15)16/h7-12H,4-6H2,1-3H3,(H,14,15,16). The van der Waals surface area contributed by atoms with Crippen LogP contribution in [0, 0.1) is 11.3 Å². The van der Waals surface area contributed by atoms with E-state index in [2.05, 4.69) is 20.8 Å². The molecule has 0 aliphatic heterocycles. The maximum atomic E-state index is 11.0. The lowest BCUT2D eigenvalue weighted by Gasteiger charge is -2.34. The lowest BCUT2D eigenvalue weighted by molar-refractivity contribution is 0.289. The molecule has 0 amide bonds. The summed E-state index contributed by atoms with van der Waals surface area (Å²) in [5, 5.41) is -0.880. The minimum absolute atomic E-state index is 0.0913. The van der Waals surface area contributed by atoms with Gasteiger partial charge < -0.3 is 0 Å². The van der Waals surface area contributed by atoms with Gasteiger partial charge in [-0.1, -0.05) is 57.9 Å². The van der Waals surface area contributed by atoms with Gasteiger partial charge in [-0.25, -0.2) is 0 Å². The summed E-state index contributed by atoms with van der Waals surface area (Å²) in [6.45, 7) is 6.43.